The van der Waals surface area contributed by atoms with Gasteiger partial charge in [0.15, 0.2) is 0 Å². The third-order valence-electron chi connectivity index (χ3n) is 7.33. The molecule has 2 aliphatic heterocycles. The van der Waals surface area contributed by atoms with Crippen LogP contribution in [0.4, 0.5) is 0 Å². The van der Waals surface area contributed by atoms with Gasteiger partial charge in [0.2, 0.25) is 11.8 Å². The fourth-order valence-corrected chi connectivity index (χ4v) is 5.35. The maximum Gasteiger partial charge on any atom is 0.246 e. The number of nitrogens with zero attached hydrogens (tertiary/aromatic N) is 3. The Morgan fingerprint density at radius 3 is 2.43 bits per heavy atom. The summed E-state index contributed by atoms with van der Waals surface area (Å²) in [5, 5.41) is 11.9. The second-order valence-electron chi connectivity index (χ2n) is 10.0. The first-order chi connectivity index (χ1) is 17.8. The summed E-state index contributed by atoms with van der Waals surface area (Å²) in [5.74, 6) is -0.0170. The highest BCUT2D eigenvalue weighted by Gasteiger charge is 2.32. The van der Waals surface area contributed by atoms with E-state index in [0.717, 1.165) is 44.5 Å². The second-order valence-corrected chi connectivity index (χ2v) is 10.9. The number of hydrogen-bond donors (Lipinski definition) is 1. The molecule has 0 bridgehead atoms. The van der Waals surface area contributed by atoms with Gasteiger partial charge in [-0.15, -0.1) is 0 Å². The van der Waals surface area contributed by atoms with Crippen LogP contribution in [0.3, 0.4) is 0 Å². The van der Waals surface area contributed by atoms with Crippen LogP contribution in [0.15, 0.2) is 54.6 Å². The van der Waals surface area contributed by atoms with Gasteiger partial charge in [-0.25, -0.2) is 0 Å². The van der Waals surface area contributed by atoms with E-state index in [9.17, 15) is 14.7 Å². The molecule has 0 aromatic heterocycles. The molecule has 198 valence electrons. The lowest BCUT2D eigenvalue weighted by molar-refractivity contribution is -0.130. The average Bonchev–Trinajstić information content (AvgIpc) is 3.08. The van der Waals surface area contributed by atoms with Crippen molar-refractivity contribution in [2.45, 2.75) is 37.7 Å². The number of benzene rings is 2. The number of carbonyl (C=O) groups is 2. The average molecular weight is 545 g/mol. The first-order valence-corrected chi connectivity index (χ1v) is 13.8. The molecule has 2 aromatic carbocycles. The van der Waals surface area contributed by atoms with Crippen LogP contribution < -0.4 is 0 Å². The Morgan fingerprint density at radius 1 is 0.946 bits per heavy atom. The normalized spacial score (nSPS) is 18.8. The van der Waals surface area contributed by atoms with Crippen molar-refractivity contribution in [2.75, 3.05) is 45.8 Å². The Labute approximate surface area is 229 Å². The number of halogens is 2. The molecule has 0 atom stereocenters. The zero-order valence-electron chi connectivity index (χ0n) is 21.1. The van der Waals surface area contributed by atoms with E-state index >= 15 is 0 Å². The van der Waals surface area contributed by atoms with Crippen LogP contribution in [0.2, 0.25) is 10.0 Å². The van der Waals surface area contributed by atoms with Gasteiger partial charge in [-0.2, -0.15) is 0 Å². The molecule has 6 nitrogen and oxygen atoms in total. The van der Waals surface area contributed by atoms with Gasteiger partial charge in [-0.3, -0.25) is 9.59 Å². The van der Waals surface area contributed by atoms with Gasteiger partial charge >= 0.3 is 0 Å². The van der Waals surface area contributed by atoms with E-state index in [1.54, 1.807) is 29.2 Å². The lowest BCUT2D eigenvalue weighted by atomic mass is 9.85. The van der Waals surface area contributed by atoms with Crippen molar-refractivity contribution in [3.63, 3.8) is 0 Å². The number of hydrogen-bond acceptors (Lipinski definition) is 4. The second kappa shape index (κ2) is 12.9. The molecule has 0 spiro atoms. The molecule has 2 saturated heterocycles. The van der Waals surface area contributed by atoms with Gasteiger partial charge < -0.3 is 19.8 Å². The summed E-state index contributed by atoms with van der Waals surface area (Å²) in [7, 11) is 0. The van der Waals surface area contributed by atoms with Crippen LogP contribution in [0.25, 0.3) is 6.08 Å². The van der Waals surface area contributed by atoms with Gasteiger partial charge in [0.1, 0.15) is 0 Å². The molecular weight excluding hydrogens is 509 g/mol. The predicted molar refractivity (Wildman–Crippen MR) is 149 cm³/mol. The minimum absolute atomic E-state index is 0.0969. The first-order valence-electron chi connectivity index (χ1n) is 13.0. The van der Waals surface area contributed by atoms with Crippen molar-refractivity contribution in [1.29, 1.82) is 0 Å². The Morgan fingerprint density at radius 2 is 1.70 bits per heavy atom. The predicted octanol–water partition coefficient (Wildman–Crippen LogP) is 4.53. The summed E-state index contributed by atoms with van der Waals surface area (Å²) in [4.78, 5) is 31.4. The van der Waals surface area contributed by atoms with Crippen LogP contribution in [-0.4, -0.2) is 83.0 Å². The summed E-state index contributed by atoms with van der Waals surface area (Å²) < 4.78 is 0. The van der Waals surface area contributed by atoms with Gasteiger partial charge in [0.25, 0.3) is 0 Å². The number of amides is 2. The largest absolute Gasteiger partial charge is 0.389 e. The molecule has 0 aliphatic carbocycles. The summed E-state index contributed by atoms with van der Waals surface area (Å²) in [5.41, 5.74) is 1.34. The SMILES string of the molecule is O=C(C=Cc1ccc(Cl)c(Cl)c1)N1CCC(=O)N(CCCN2CCC(O)(Cc3ccccc3)CC2)CC1. The van der Waals surface area contributed by atoms with Gasteiger partial charge in [-0.1, -0.05) is 59.6 Å². The number of aliphatic hydroxyl groups is 1. The summed E-state index contributed by atoms with van der Waals surface area (Å²) in [6.45, 7) is 4.81. The summed E-state index contributed by atoms with van der Waals surface area (Å²) in [6.07, 6.45) is 6.68. The number of rotatable bonds is 8. The van der Waals surface area contributed by atoms with Crippen LogP contribution in [0.5, 0.6) is 0 Å². The monoisotopic (exact) mass is 543 g/mol. The fourth-order valence-electron chi connectivity index (χ4n) is 5.04. The number of likely N-dealkylation sites (tertiary alicyclic amines) is 1. The van der Waals surface area contributed by atoms with Crippen LogP contribution in [0.1, 0.15) is 36.8 Å². The van der Waals surface area contributed by atoms with Crippen LogP contribution in [-0.2, 0) is 16.0 Å². The molecule has 2 heterocycles. The minimum atomic E-state index is -0.636. The Hall–Kier alpha value is -2.38. The molecular formula is C29H35Cl2N3O3. The van der Waals surface area contributed by atoms with Crippen molar-refractivity contribution in [1.82, 2.24) is 14.7 Å². The van der Waals surface area contributed by atoms with Crippen molar-refractivity contribution < 1.29 is 14.7 Å². The lowest BCUT2D eigenvalue weighted by Crippen LogP contribution is -2.46. The van der Waals surface area contributed by atoms with E-state index in [-0.39, 0.29) is 11.8 Å². The molecule has 4 rings (SSSR count). The maximum atomic E-state index is 12.7. The summed E-state index contributed by atoms with van der Waals surface area (Å²) in [6, 6.07) is 15.4. The zero-order valence-corrected chi connectivity index (χ0v) is 22.6. The Bertz CT molecular complexity index is 1100. The molecule has 2 aromatic rings. The Kier molecular flexibility index (Phi) is 9.65. The highest BCUT2D eigenvalue weighted by molar-refractivity contribution is 6.42. The standard InChI is InChI=1S/C29H35Cl2N3O3/c30-25-9-7-23(21-26(25)31)8-10-27(35)34-16-11-28(36)33(19-20-34)15-4-14-32-17-12-29(37,13-18-32)22-24-5-2-1-3-6-24/h1-3,5-10,21,37H,4,11-20,22H2. The molecule has 1 N–H and O–H groups in total. The van der Waals surface area contributed by atoms with Crippen molar-refractivity contribution in [2.24, 2.45) is 0 Å². The third-order valence-corrected chi connectivity index (χ3v) is 8.07. The van der Waals surface area contributed by atoms with Gasteiger partial charge in [0, 0.05) is 58.2 Å². The van der Waals surface area contributed by atoms with Crippen molar-refractivity contribution in [3.8, 4) is 0 Å². The van der Waals surface area contributed by atoms with E-state index in [2.05, 4.69) is 17.0 Å². The molecule has 2 amide bonds. The molecule has 2 fully saturated rings. The maximum absolute atomic E-state index is 12.7. The Balaban J connectivity index is 1.18. The third kappa shape index (κ3) is 8.05. The van der Waals surface area contributed by atoms with E-state index in [4.69, 9.17) is 23.2 Å². The summed E-state index contributed by atoms with van der Waals surface area (Å²) >= 11 is 12.0. The van der Waals surface area contributed by atoms with E-state index < -0.39 is 5.60 Å². The topological polar surface area (TPSA) is 64.1 Å². The van der Waals surface area contributed by atoms with Crippen molar-refractivity contribution >= 4 is 41.1 Å². The fraction of sp³-hybridized carbons (Fsp3) is 0.448. The highest BCUT2D eigenvalue weighted by atomic mass is 35.5. The molecule has 0 saturated carbocycles. The lowest BCUT2D eigenvalue weighted by Gasteiger charge is -2.38. The zero-order chi connectivity index (χ0) is 26.3. The minimum Gasteiger partial charge on any atom is -0.389 e. The number of piperidine rings is 1. The number of carbonyl (C=O) groups excluding carboxylic acids is 2. The molecule has 0 radical (unpaired) electrons. The van der Waals surface area contributed by atoms with Crippen LogP contribution in [0, 0.1) is 0 Å². The molecule has 8 heteroatoms. The van der Waals surface area contributed by atoms with E-state index in [1.165, 1.54) is 11.6 Å². The molecule has 37 heavy (non-hydrogen) atoms. The molecule has 2 aliphatic rings. The smallest absolute Gasteiger partial charge is 0.246 e. The van der Waals surface area contributed by atoms with Gasteiger partial charge in [-0.05, 0) is 55.1 Å². The van der Waals surface area contributed by atoms with Crippen molar-refractivity contribution in [3.05, 3.63) is 75.8 Å². The molecule has 0 unspecified atom stereocenters. The van der Waals surface area contributed by atoms with Gasteiger partial charge in [0.05, 0.1) is 15.6 Å². The van der Waals surface area contributed by atoms with Crippen LogP contribution >= 0.6 is 23.2 Å². The highest BCUT2D eigenvalue weighted by Crippen LogP contribution is 2.26. The van der Waals surface area contributed by atoms with E-state index in [0.29, 0.717) is 49.1 Å². The quantitative estimate of drug-likeness (QED) is 0.497. The first kappa shape index (κ1) is 27.6. The van der Waals surface area contributed by atoms with E-state index in [1.807, 2.05) is 23.1 Å².